The number of ether oxygens (including phenoxy) is 1. The number of phenols is 1. The molecule has 0 aromatic heterocycles. The number of rotatable bonds is 3. The highest BCUT2D eigenvalue weighted by atomic mass is 79.9. The van der Waals surface area contributed by atoms with E-state index in [2.05, 4.69) is 20.7 Å². The number of benzene rings is 1. The number of hydrogen-bond acceptors (Lipinski definition) is 4. The van der Waals surface area contributed by atoms with Crippen molar-refractivity contribution in [3.05, 3.63) is 28.0 Å². The molecular weight excluding hydrogens is 305 g/mol. The van der Waals surface area contributed by atoms with Gasteiger partial charge in [0.25, 0.3) is 0 Å². The third kappa shape index (κ3) is 2.49. The minimum absolute atomic E-state index is 0.131. The minimum atomic E-state index is -1.08. The van der Waals surface area contributed by atoms with Crippen LogP contribution in [-0.2, 0) is 9.53 Å². The first-order chi connectivity index (χ1) is 8.23. The molecule has 0 aliphatic heterocycles. The molecule has 0 amide bonds. The Bertz CT molecular complexity index is 477. The minimum Gasteiger partial charge on any atom is -0.505 e. The number of aromatic hydroxyl groups is 1. The van der Waals surface area contributed by atoms with Gasteiger partial charge in [-0.15, -0.1) is 0 Å². The van der Waals surface area contributed by atoms with E-state index in [-0.39, 0.29) is 10.0 Å². The molecule has 1 aromatic rings. The van der Waals surface area contributed by atoms with Crippen molar-refractivity contribution >= 4 is 21.9 Å². The van der Waals surface area contributed by atoms with Crippen LogP contribution in [-0.4, -0.2) is 18.2 Å². The van der Waals surface area contributed by atoms with Crippen LogP contribution < -0.4 is 5.73 Å². The number of methoxy groups -OCH3 is 1. The Morgan fingerprint density at radius 3 is 2.61 bits per heavy atom. The standard InChI is InChI=1S/C12H15BrFNO3/c1-12(2,11(17)18-3)10(15)6-4-5-7(13)8(14)9(6)16/h4-5,10,16H,15H2,1-3H3/t10-/m0/s1. The van der Waals surface area contributed by atoms with Gasteiger partial charge < -0.3 is 15.6 Å². The normalized spacial score (nSPS) is 13.2. The molecular formula is C12H15BrFNO3. The predicted octanol–water partition coefficient (Wildman–Crippen LogP) is 2.49. The molecule has 1 aromatic carbocycles. The maximum Gasteiger partial charge on any atom is 0.313 e. The Kier molecular flexibility index (Phi) is 4.34. The van der Waals surface area contributed by atoms with Gasteiger partial charge >= 0.3 is 5.97 Å². The molecule has 0 saturated carbocycles. The van der Waals surface area contributed by atoms with Gasteiger partial charge in [-0.1, -0.05) is 6.07 Å². The second kappa shape index (κ2) is 5.24. The van der Waals surface area contributed by atoms with Crippen LogP contribution in [0.25, 0.3) is 0 Å². The smallest absolute Gasteiger partial charge is 0.313 e. The molecule has 3 N–H and O–H groups in total. The van der Waals surface area contributed by atoms with Gasteiger partial charge in [-0.2, -0.15) is 0 Å². The third-order valence-corrected chi connectivity index (χ3v) is 3.54. The fourth-order valence-corrected chi connectivity index (χ4v) is 1.90. The number of esters is 1. The van der Waals surface area contributed by atoms with Gasteiger partial charge in [-0.25, -0.2) is 4.39 Å². The number of carbonyl (C=O) groups excluding carboxylic acids is 1. The molecule has 0 aliphatic carbocycles. The third-order valence-electron chi connectivity index (χ3n) is 2.92. The summed E-state index contributed by atoms with van der Waals surface area (Å²) in [5, 5.41) is 9.73. The molecule has 0 unspecified atom stereocenters. The van der Waals surface area contributed by atoms with Gasteiger partial charge in [0.1, 0.15) is 0 Å². The summed E-state index contributed by atoms with van der Waals surface area (Å²) >= 11 is 2.95. The zero-order valence-corrected chi connectivity index (χ0v) is 11.9. The van der Waals surface area contributed by atoms with E-state index in [1.807, 2.05) is 0 Å². The number of carbonyl (C=O) groups is 1. The van der Waals surface area contributed by atoms with Crippen molar-refractivity contribution in [1.29, 1.82) is 0 Å². The fourth-order valence-electron chi connectivity index (χ4n) is 1.58. The van der Waals surface area contributed by atoms with E-state index < -0.39 is 29.0 Å². The number of nitrogens with two attached hydrogens (primary N) is 1. The van der Waals surface area contributed by atoms with E-state index in [1.54, 1.807) is 13.8 Å². The Morgan fingerprint density at radius 1 is 1.56 bits per heavy atom. The summed E-state index contributed by atoms with van der Waals surface area (Å²) in [7, 11) is 1.25. The van der Waals surface area contributed by atoms with Crippen LogP contribution in [0.5, 0.6) is 5.75 Å². The highest BCUT2D eigenvalue weighted by molar-refractivity contribution is 9.10. The lowest BCUT2D eigenvalue weighted by atomic mass is 9.80. The molecule has 4 nitrogen and oxygen atoms in total. The molecule has 0 spiro atoms. The van der Waals surface area contributed by atoms with Gasteiger partial charge in [0, 0.05) is 11.6 Å². The number of hydrogen-bond donors (Lipinski definition) is 2. The average Bonchev–Trinajstić information content (AvgIpc) is 2.34. The van der Waals surface area contributed by atoms with Gasteiger partial charge in [0.05, 0.1) is 17.0 Å². The summed E-state index contributed by atoms with van der Waals surface area (Å²) in [6.07, 6.45) is 0. The van der Waals surface area contributed by atoms with Gasteiger partial charge in [-0.3, -0.25) is 4.79 Å². The monoisotopic (exact) mass is 319 g/mol. The lowest BCUT2D eigenvalue weighted by Gasteiger charge is -2.29. The van der Waals surface area contributed by atoms with Gasteiger partial charge in [0.15, 0.2) is 11.6 Å². The Morgan fingerprint density at radius 2 is 2.11 bits per heavy atom. The Labute approximate surface area is 113 Å². The highest BCUT2D eigenvalue weighted by Crippen LogP contribution is 2.39. The van der Waals surface area contributed by atoms with Crippen molar-refractivity contribution < 1.29 is 19.0 Å². The molecule has 0 bridgehead atoms. The van der Waals surface area contributed by atoms with Crippen molar-refractivity contribution in [3.8, 4) is 5.75 Å². The topological polar surface area (TPSA) is 72.5 Å². The molecule has 1 rings (SSSR count). The van der Waals surface area contributed by atoms with Crippen molar-refractivity contribution in [2.24, 2.45) is 11.1 Å². The summed E-state index contributed by atoms with van der Waals surface area (Å²) in [4.78, 5) is 11.6. The summed E-state index contributed by atoms with van der Waals surface area (Å²) < 4.78 is 18.3. The van der Waals surface area contributed by atoms with Crippen molar-refractivity contribution in [1.82, 2.24) is 0 Å². The van der Waals surface area contributed by atoms with Crippen LogP contribution >= 0.6 is 15.9 Å². The maximum absolute atomic E-state index is 13.6. The SMILES string of the molecule is COC(=O)C(C)(C)[C@@H](N)c1ccc(Br)c(F)c1O. The second-order valence-corrected chi connectivity index (χ2v) is 5.34. The number of halogens is 2. The second-order valence-electron chi connectivity index (χ2n) is 4.49. The van der Waals surface area contributed by atoms with Crippen LogP contribution in [0.15, 0.2) is 16.6 Å². The Hall–Kier alpha value is -1.14. The van der Waals surface area contributed by atoms with E-state index in [0.717, 1.165) is 0 Å². The lowest BCUT2D eigenvalue weighted by Crippen LogP contribution is -2.37. The summed E-state index contributed by atoms with van der Waals surface area (Å²) in [6, 6.07) is 2.02. The largest absolute Gasteiger partial charge is 0.505 e. The molecule has 6 heteroatoms. The molecule has 100 valence electrons. The summed E-state index contributed by atoms with van der Waals surface area (Å²) in [5.74, 6) is -1.89. The van der Waals surface area contributed by atoms with Gasteiger partial charge in [-0.05, 0) is 35.8 Å². The first-order valence-electron chi connectivity index (χ1n) is 5.24. The molecule has 0 saturated heterocycles. The molecule has 0 radical (unpaired) electrons. The molecule has 18 heavy (non-hydrogen) atoms. The van der Waals surface area contributed by atoms with Crippen molar-refractivity contribution in [2.45, 2.75) is 19.9 Å². The van der Waals surface area contributed by atoms with E-state index >= 15 is 0 Å². The van der Waals surface area contributed by atoms with Crippen LogP contribution in [0.2, 0.25) is 0 Å². The van der Waals surface area contributed by atoms with Crippen LogP contribution in [0.3, 0.4) is 0 Å². The molecule has 0 aliphatic rings. The summed E-state index contributed by atoms with van der Waals surface area (Å²) in [6.45, 7) is 3.14. The van der Waals surface area contributed by atoms with Gasteiger partial charge in [0.2, 0.25) is 0 Å². The fraction of sp³-hybridized carbons (Fsp3) is 0.417. The van der Waals surface area contributed by atoms with Crippen LogP contribution in [0, 0.1) is 11.2 Å². The molecule has 0 fully saturated rings. The molecule has 1 atom stereocenters. The summed E-state index contributed by atoms with van der Waals surface area (Å²) in [5.41, 5.74) is 5.01. The van der Waals surface area contributed by atoms with E-state index in [9.17, 15) is 14.3 Å². The quantitative estimate of drug-likeness (QED) is 0.839. The predicted molar refractivity (Wildman–Crippen MR) is 68.5 cm³/mol. The highest BCUT2D eigenvalue weighted by Gasteiger charge is 2.38. The van der Waals surface area contributed by atoms with Crippen molar-refractivity contribution in [3.63, 3.8) is 0 Å². The Balaban J connectivity index is 3.23. The van der Waals surface area contributed by atoms with Crippen molar-refractivity contribution in [2.75, 3.05) is 7.11 Å². The zero-order valence-electron chi connectivity index (χ0n) is 10.3. The average molecular weight is 320 g/mol. The van der Waals surface area contributed by atoms with Crippen LogP contribution in [0.4, 0.5) is 4.39 Å². The number of phenolic OH excluding ortho intramolecular Hbond substituents is 1. The first-order valence-corrected chi connectivity index (χ1v) is 6.03. The first kappa shape index (κ1) is 14.9. The zero-order chi connectivity index (χ0) is 14.1. The molecule has 0 heterocycles. The maximum atomic E-state index is 13.6. The van der Waals surface area contributed by atoms with E-state index in [1.165, 1.54) is 19.2 Å². The lowest BCUT2D eigenvalue weighted by molar-refractivity contribution is -0.152. The van der Waals surface area contributed by atoms with E-state index in [4.69, 9.17) is 5.73 Å². The van der Waals surface area contributed by atoms with Crippen LogP contribution in [0.1, 0.15) is 25.5 Å². The van der Waals surface area contributed by atoms with E-state index in [0.29, 0.717) is 0 Å².